The summed E-state index contributed by atoms with van der Waals surface area (Å²) in [6.07, 6.45) is 4.29. The van der Waals surface area contributed by atoms with E-state index < -0.39 is 6.10 Å². The highest BCUT2D eigenvalue weighted by atomic mass is 32.1. The Labute approximate surface area is 131 Å². The van der Waals surface area contributed by atoms with Crippen LogP contribution in [0.15, 0.2) is 53.6 Å². The first-order chi connectivity index (χ1) is 10.7. The van der Waals surface area contributed by atoms with Crippen molar-refractivity contribution in [1.82, 2.24) is 20.1 Å². The van der Waals surface area contributed by atoms with Crippen molar-refractivity contribution in [2.75, 3.05) is 6.54 Å². The number of hydrogen-bond donors (Lipinski definition) is 2. The SMILES string of the molecule is O=C(NCC(O)c1ccsc1)c1cc(-n2cccn2)ccn1. The van der Waals surface area contributed by atoms with Gasteiger partial charge in [0.05, 0.1) is 11.8 Å². The largest absolute Gasteiger partial charge is 0.387 e. The standard InChI is InChI=1S/C15H14N4O2S/c20-14(11-3-7-22-10-11)9-17-15(21)13-8-12(2-5-16-13)19-6-1-4-18-19/h1-8,10,14,20H,9H2,(H,17,21). The second kappa shape index (κ2) is 6.50. The van der Waals surface area contributed by atoms with Crippen LogP contribution in [-0.4, -0.2) is 32.3 Å². The van der Waals surface area contributed by atoms with Crippen LogP contribution < -0.4 is 5.32 Å². The quantitative estimate of drug-likeness (QED) is 0.752. The van der Waals surface area contributed by atoms with Crippen LogP contribution in [-0.2, 0) is 0 Å². The average molecular weight is 314 g/mol. The first-order valence-electron chi connectivity index (χ1n) is 6.68. The molecule has 3 rings (SSSR count). The smallest absolute Gasteiger partial charge is 0.270 e. The van der Waals surface area contributed by atoms with Gasteiger partial charge in [-0.05, 0) is 40.6 Å². The number of carbonyl (C=O) groups is 1. The topological polar surface area (TPSA) is 80.0 Å². The average Bonchev–Trinajstić information content (AvgIpc) is 3.25. The molecule has 3 aromatic rings. The maximum absolute atomic E-state index is 12.1. The number of rotatable bonds is 5. The van der Waals surface area contributed by atoms with E-state index in [9.17, 15) is 9.90 Å². The molecule has 3 heterocycles. The first kappa shape index (κ1) is 14.4. The second-order valence-corrected chi connectivity index (χ2v) is 5.41. The lowest BCUT2D eigenvalue weighted by atomic mass is 10.2. The minimum atomic E-state index is -0.718. The van der Waals surface area contributed by atoms with E-state index in [1.807, 2.05) is 16.8 Å². The van der Waals surface area contributed by atoms with Gasteiger partial charge in [0, 0.05) is 25.1 Å². The zero-order chi connectivity index (χ0) is 15.4. The summed E-state index contributed by atoms with van der Waals surface area (Å²) in [6, 6.07) is 7.05. The van der Waals surface area contributed by atoms with Gasteiger partial charge >= 0.3 is 0 Å². The number of carbonyl (C=O) groups excluding carboxylic acids is 1. The predicted octanol–water partition coefficient (Wildman–Crippen LogP) is 1.79. The molecule has 22 heavy (non-hydrogen) atoms. The molecule has 0 bridgehead atoms. The zero-order valence-corrected chi connectivity index (χ0v) is 12.4. The lowest BCUT2D eigenvalue weighted by molar-refractivity contribution is 0.0911. The Hall–Kier alpha value is -2.51. The Balaban J connectivity index is 1.66. The third kappa shape index (κ3) is 3.21. The Bertz CT molecular complexity index is 741. The van der Waals surface area contributed by atoms with Gasteiger partial charge in [-0.15, -0.1) is 0 Å². The third-order valence-electron chi connectivity index (χ3n) is 3.13. The molecule has 112 valence electrons. The van der Waals surface area contributed by atoms with E-state index in [-0.39, 0.29) is 18.1 Å². The van der Waals surface area contributed by atoms with Gasteiger partial charge in [-0.25, -0.2) is 4.68 Å². The lowest BCUT2D eigenvalue weighted by Gasteiger charge is -2.10. The Morgan fingerprint density at radius 1 is 1.41 bits per heavy atom. The van der Waals surface area contributed by atoms with E-state index in [1.165, 1.54) is 11.3 Å². The van der Waals surface area contributed by atoms with Crippen molar-refractivity contribution in [3.63, 3.8) is 0 Å². The van der Waals surface area contributed by atoms with Crippen molar-refractivity contribution < 1.29 is 9.90 Å². The van der Waals surface area contributed by atoms with Crippen molar-refractivity contribution in [2.24, 2.45) is 0 Å². The van der Waals surface area contributed by atoms with E-state index in [4.69, 9.17) is 0 Å². The van der Waals surface area contributed by atoms with Crippen LogP contribution in [0.1, 0.15) is 22.2 Å². The molecule has 0 aliphatic heterocycles. The Morgan fingerprint density at radius 3 is 3.05 bits per heavy atom. The molecule has 2 N–H and O–H groups in total. The normalized spacial score (nSPS) is 12.0. The van der Waals surface area contributed by atoms with E-state index >= 15 is 0 Å². The van der Waals surface area contributed by atoms with Crippen LogP contribution in [0.3, 0.4) is 0 Å². The fourth-order valence-corrected chi connectivity index (χ4v) is 2.68. The fourth-order valence-electron chi connectivity index (χ4n) is 1.97. The molecule has 6 nitrogen and oxygen atoms in total. The molecule has 0 saturated heterocycles. The summed E-state index contributed by atoms with van der Waals surface area (Å²) in [7, 11) is 0. The monoisotopic (exact) mass is 314 g/mol. The van der Waals surface area contributed by atoms with Gasteiger partial charge in [-0.3, -0.25) is 9.78 Å². The highest BCUT2D eigenvalue weighted by molar-refractivity contribution is 7.07. The summed E-state index contributed by atoms with van der Waals surface area (Å²) in [5, 5.41) is 20.5. The number of hydrogen-bond acceptors (Lipinski definition) is 5. The van der Waals surface area contributed by atoms with Crippen LogP contribution in [0.4, 0.5) is 0 Å². The molecule has 0 radical (unpaired) electrons. The van der Waals surface area contributed by atoms with Gasteiger partial charge < -0.3 is 10.4 Å². The summed E-state index contributed by atoms with van der Waals surface area (Å²) in [6.45, 7) is 0.142. The molecule has 0 spiro atoms. The summed E-state index contributed by atoms with van der Waals surface area (Å²) in [5.41, 5.74) is 1.83. The first-order valence-corrected chi connectivity index (χ1v) is 7.63. The molecule has 7 heteroatoms. The lowest BCUT2D eigenvalue weighted by Crippen LogP contribution is -2.29. The molecular formula is C15H14N4O2S. The number of aromatic nitrogens is 3. The Kier molecular flexibility index (Phi) is 4.27. The number of aliphatic hydroxyl groups is 1. The van der Waals surface area contributed by atoms with E-state index in [1.54, 1.807) is 41.5 Å². The molecule has 0 aliphatic rings. The number of thiophene rings is 1. The molecule has 3 aromatic heterocycles. The number of nitrogens with zero attached hydrogens (tertiary/aromatic N) is 3. The van der Waals surface area contributed by atoms with Crippen LogP contribution >= 0.6 is 11.3 Å². The van der Waals surface area contributed by atoms with E-state index in [0.717, 1.165) is 11.3 Å². The second-order valence-electron chi connectivity index (χ2n) is 4.63. The Morgan fingerprint density at radius 2 is 2.32 bits per heavy atom. The number of aliphatic hydroxyl groups excluding tert-OH is 1. The van der Waals surface area contributed by atoms with Gasteiger partial charge in [0.15, 0.2) is 0 Å². The fraction of sp³-hybridized carbons (Fsp3) is 0.133. The van der Waals surface area contributed by atoms with Crippen molar-refractivity contribution in [3.8, 4) is 5.69 Å². The van der Waals surface area contributed by atoms with Gasteiger partial charge in [0.1, 0.15) is 5.69 Å². The number of pyridine rings is 1. The molecular weight excluding hydrogens is 300 g/mol. The molecule has 0 aromatic carbocycles. The van der Waals surface area contributed by atoms with Crippen LogP contribution in [0.25, 0.3) is 5.69 Å². The summed E-state index contributed by atoms with van der Waals surface area (Å²) < 4.78 is 1.65. The minimum absolute atomic E-state index is 0.142. The van der Waals surface area contributed by atoms with Gasteiger partial charge in [0.2, 0.25) is 0 Å². The third-order valence-corrected chi connectivity index (χ3v) is 3.83. The highest BCUT2D eigenvalue weighted by Gasteiger charge is 2.12. The predicted molar refractivity (Wildman–Crippen MR) is 83.0 cm³/mol. The maximum atomic E-state index is 12.1. The van der Waals surface area contributed by atoms with E-state index in [0.29, 0.717) is 0 Å². The maximum Gasteiger partial charge on any atom is 0.270 e. The molecule has 1 unspecified atom stereocenters. The van der Waals surface area contributed by atoms with Crippen LogP contribution in [0, 0.1) is 0 Å². The molecule has 0 aliphatic carbocycles. The number of nitrogens with one attached hydrogen (secondary N) is 1. The summed E-state index contributed by atoms with van der Waals surface area (Å²) in [4.78, 5) is 16.2. The van der Waals surface area contributed by atoms with Gasteiger partial charge in [0.25, 0.3) is 5.91 Å². The minimum Gasteiger partial charge on any atom is -0.387 e. The summed E-state index contributed by atoms with van der Waals surface area (Å²) >= 11 is 1.50. The molecule has 0 saturated carbocycles. The van der Waals surface area contributed by atoms with Gasteiger partial charge in [-0.1, -0.05) is 0 Å². The molecule has 0 fully saturated rings. The molecule has 1 atom stereocenters. The molecule has 1 amide bonds. The zero-order valence-electron chi connectivity index (χ0n) is 11.6. The highest BCUT2D eigenvalue weighted by Crippen LogP contribution is 2.15. The number of amides is 1. The van der Waals surface area contributed by atoms with E-state index in [2.05, 4.69) is 15.4 Å². The van der Waals surface area contributed by atoms with Crippen LogP contribution in [0.5, 0.6) is 0 Å². The van der Waals surface area contributed by atoms with Crippen molar-refractivity contribution in [2.45, 2.75) is 6.10 Å². The van der Waals surface area contributed by atoms with Crippen molar-refractivity contribution >= 4 is 17.2 Å². The van der Waals surface area contributed by atoms with Crippen molar-refractivity contribution in [1.29, 1.82) is 0 Å². The van der Waals surface area contributed by atoms with Gasteiger partial charge in [-0.2, -0.15) is 16.4 Å². The van der Waals surface area contributed by atoms with Crippen LogP contribution in [0.2, 0.25) is 0 Å². The summed E-state index contributed by atoms with van der Waals surface area (Å²) in [5.74, 6) is -0.330. The van der Waals surface area contributed by atoms with Crippen molar-refractivity contribution in [3.05, 3.63) is 64.9 Å².